The molecule has 2 N–H and O–H groups in total. The SMILES string of the molecule is COc1cc(C(=O)N2C[C@H]3CC[C@@H]2[C@@H]3N)cc2nc(-c3cc4ccc(-c5ccc(C(=O)N(C)C)nc5)nc4n3CC3CC3)n(C)c12. The molecule has 46 heavy (non-hydrogen) atoms. The van der Waals surface area contributed by atoms with Crippen molar-refractivity contribution in [2.45, 2.75) is 44.3 Å². The van der Waals surface area contributed by atoms with Gasteiger partial charge in [0.15, 0.2) is 5.82 Å². The highest BCUT2D eigenvalue weighted by Crippen LogP contribution is 2.40. The normalized spacial score (nSPS) is 20.6. The van der Waals surface area contributed by atoms with Gasteiger partial charge in [0.1, 0.15) is 22.6 Å². The summed E-state index contributed by atoms with van der Waals surface area (Å²) in [4.78, 5) is 44.2. The van der Waals surface area contributed by atoms with Crippen molar-refractivity contribution in [3.8, 4) is 28.5 Å². The predicted molar refractivity (Wildman–Crippen MR) is 175 cm³/mol. The third-order valence-electron chi connectivity index (χ3n) is 10.1. The van der Waals surface area contributed by atoms with E-state index in [1.807, 2.05) is 36.2 Å². The third-order valence-corrected chi connectivity index (χ3v) is 10.1. The number of rotatable bonds is 7. The standard InChI is InChI=1S/C35H38N8O3/c1-40(2)35(45)25-11-8-21(16-37-25)24-10-7-20-14-28(42(32(20)38-24)17-19-5-6-19)33-39-26-13-23(15-29(46-4)31(26)41(33)3)34(44)43-18-22-9-12-27(43)30(22)36/h7-8,10-11,13-16,19,22,27,30H,5-6,9,12,17-18,36H2,1-4H3/t22-,27-,30-/m1/s1. The average molecular weight is 619 g/mol. The molecular weight excluding hydrogens is 580 g/mol. The van der Waals surface area contributed by atoms with Crippen LogP contribution in [-0.4, -0.2) is 85.5 Å². The fourth-order valence-electron chi connectivity index (χ4n) is 7.38. The van der Waals surface area contributed by atoms with Gasteiger partial charge in [-0.3, -0.25) is 14.6 Å². The van der Waals surface area contributed by atoms with E-state index in [4.69, 9.17) is 20.4 Å². The molecule has 0 unspecified atom stereocenters. The lowest BCUT2D eigenvalue weighted by Gasteiger charge is -2.27. The number of ether oxygens (including phenoxy) is 1. The first kappa shape index (κ1) is 28.7. The minimum Gasteiger partial charge on any atom is -0.494 e. The molecule has 1 saturated heterocycles. The smallest absolute Gasteiger partial charge is 0.271 e. The number of aryl methyl sites for hydroxylation is 1. The Morgan fingerprint density at radius 2 is 1.87 bits per heavy atom. The summed E-state index contributed by atoms with van der Waals surface area (Å²) in [6.07, 6.45) is 6.14. The van der Waals surface area contributed by atoms with Gasteiger partial charge in [-0.05, 0) is 80.0 Å². The van der Waals surface area contributed by atoms with Crippen LogP contribution in [0.15, 0.2) is 48.7 Å². The molecule has 11 heteroatoms. The number of aromatic nitrogens is 5. The van der Waals surface area contributed by atoms with Crippen molar-refractivity contribution >= 4 is 33.9 Å². The van der Waals surface area contributed by atoms with E-state index in [1.165, 1.54) is 17.7 Å². The highest BCUT2D eigenvalue weighted by atomic mass is 16.5. The topological polar surface area (TPSA) is 124 Å². The van der Waals surface area contributed by atoms with Crippen LogP contribution in [0.2, 0.25) is 0 Å². The summed E-state index contributed by atoms with van der Waals surface area (Å²) in [5.41, 5.74) is 12.4. The monoisotopic (exact) mass is 618 g/mol. The van der Waals surface area contributed by atoms with E-state index in [-0.39, 0.29) is 23.9 Å². The number of carbonyl (C=O) groups excluding carboxylic acids is 2. The van der Waals surface area contributed by atoms with Gasteiger partial charge in [0.2, 0.25) is 0 Å². The van der Waals surface area contributed by atoms with E-state index in [2.05, 4.69) is 26.3 Å². The van der Waals surface area contributed by atoms with Crippen LogP contribution in [-0.2, 0) is 13.6 Å². The van der Waals surface area contributed by atoms with Crippen molar-refractivity contribution in [1.82, 2.24) is 33.9 Å². The van der Waals surface area contributed by atoms with Crippen LogP contribution in [0.4, 0.5) is 0 Å². The molecule has 4 aromatic heterocycles. The van der Waals surface area contributed by atoms with Gasteiger partial charge in [0.25, 0.3) is 11.8 Å². The number of nitrogens with zero attached hydrogens (tertiary/aromatic N) is 7. The Kier molecular flexibility index (Phi) is 6.64. The molecule has 2 bridgehead atoms. The molecule has 1 aromatic carbocycles. The van der Waals surface area contributed by atoms with Crippen LogP contribution in [0.25, 0.3) is 44.8 Å². The van der Waals surface area contributed by atoms with Crippen LogP contribution in [0, 0.1) is 11.8 Å². The molecule has 3 fully saturated rings. The number of nitrogens with two attached hydrogens (primary N) is 1. The van der Waals surface area contributed by atoms with Crippen LogP contribution in [0.1, 0.15) is 46.5 Å². The molecule has 0 spiro atoms. The molecule has 11 nitrogen and oxygen atoms in total. The minimum atomic E-state index is -0.138. The Bertz CT molecular complexity index is 2020. The van der Waals surface area contributed by atoms with Gasteiger partial charge in [-0.1, -0.05) is 0 Å². The zero-order valence-electron chi connectivity index (χ0n) is 26.6. The maximum Gasteiger partial charge on any atom is 0.271 e. The summed E-state index contributed by atoms with van der Waals surface area (Å²) in [5.74, 6) is 2.22. The number of likely N-dealkylation sites (tertiary alicyclic amines) is 1. The average Bonchev–Trinajstić information content (AvgIpc) is 3.47. The third kappa shape index (κ3) is 4.55. The molecule has 2 amide bonds. The number of imidazole rings is 1. The maximum absolute atomic E-state index is 13.7. The van der Waals surface area contributed by atoms with Gasteiger partial charge in [-0.2, -0.15) is 0 Å². The number of fused-ring (bicyclic) bond motifs is 4. The summed E-state index contributed by atoms with van der Waals surface area (Å²) in [5, 5.41) is 1.02. The molecular formula is C35H38N8O3. The molecule has 5 aromatic rings. The molecule has 8 rings (SSSR count). The lowest BCUT2D eigenvalue weighted by Crippen LogP contribution is -2.41. The number of hydrogen-bond acceptors (Lipinski definition) is 7. The first-order chi connectivity index (χ1) is 22.2. The van der Waals surface area contributed by atoms with Crippen molar-refractivity contribution in [3.63, 3.8) is 0 Å². The van der Waals surface area contributed by atoms with Crippen LogP contribution >= 0.6 is 0 Å². The van der Waals surface area contributed by atoms with Gasteiger partial charge < -0.3 is 29.4 Å². The predicted octanol–water partition coefficient (Wildman–Crippen LogP) is 4.33. The number of pyridine rings is 2. The molecule has 3 atom stereocenters. The van der Waals surface area contributed by atoms with E-state index < -0.39 is 0 Å². The fourth-order valence-corrected chi connectivity index (χ4v) is 7.38. The Labute approximate surface area is 267 Å². The second-order valence-electron chi connectivity index (χ2n) is 13.3. The quantitative estimate of drug-likeness (QED) is 0.288. The summed E-state index contributed by atoms with van der Waals surface area (Å²) in [6, 6.07) is 13.7. The number of benzene rings is 1. The van der Waals surface area contributed by atoms with E-state index in [0.717, 1.165) is 58.7 Å². The number of hydrogen-bond donors (Lipinski definition) is 1. The lowest BCUT2D eigenvalue weighted by molar-refractivity contribution is 0.0700. The number of amides is 2. The zero-order chi connectivity index (χ0) is 31.9. The van der Waals surface area contributed by atoms with Crippen LogP contribution < -0.4 is 10.5 Å². The Morgan fingerprint density at radius 3 is 2.52 bits per heavy atom. The molecule has 236 valence electrons. The van der Waals surface area contributed by atoms with Gasteiger partial charge in [0.05, 0.1) is 24.0 Å². The number of methoxy groups -OCH3 is 1. The summed E-state index contributed by atoms with van der Waals surface area (Å²) < 4.78 is 10.2. The highest BCUT2D eigenvalue weighted by molar-refractivity contribution is 6.00. The molecule has 2 saturated carbocycles. The Hall–Kier alpha value is -4.77. The molecule has 5 heterocycles. The highest BCUT2D eigenvalue weighted by Gasteiger charge is 2.47. The van der Waals surface area contributed by atoms with Crippen molar-refractivity contribution in [2.24, 2.45) is 24.6 Å². The Morgan fingerprint density at radius 1 is 1.04 bits per heavy atom. The van der Waals surface area contributed by atoms with E-state index in [9.17, 15) is 9.59 Å². The minimum absolute atomic E-state index is 0.0109. The van der Waals surface area contributed by atoms with Crippen LogP contribution in [0.3, 0.4) is 0 Å². The zero-order valence-corrected chi connectivity index (χ0v) is 26.6. The van der Waals surface area contributed by atoms with E-state index in [1.54, 1.807) is 33.5 Å². The first-order valence-electron chi connectivity index (χ1n) is 16.0. The second-order valence-corrected chi connectivity index (χ2v) is 13.3. The second kappa shape index (κ2) is 10.7. The summed E-state index contributed by atoms with van der Waals surface area (Å²) in [6.45, 7) is 1.55. The van der Waals surface area contributed by atoms with Crippen molar-refractivity contribution in [1.29, 1.82) is 0 Å². The fraction of sp³-hybridized carbons (Fsp3) is 0.400. The lowest BCUT2D eigenvalue weighted by atomic mass is 10.1. The largest absolute Gasteiger partial charge is 0.494 e. The van der Waals surface area contributed by atoms with Gasteiger partial charge in [-0.25, -0.2) is 9.97 Å². The van der Waals surface area contributed by atoms with Gasteiger partial charge in [0, 0.05) is 69.0 Å². The van der Waals surface area contributed by atoms with Crippen molar-refractivity contribution < 1.29 is 14.3 Å². The van der Waals surface area contributed by atoms with Crippen molar-refractivity contribution in [3.05, 3.63) is 59.9 Å². The van der Waals surface area contributed by atoms with E-state index in [0.29, 0.717) is 40.9 Å². The van der Waals surface area contributed by atoms with E-state index >= 15 is 0 Å². The maximum atomic E-state index is 13.7. The number of piperidine rings is 1. The van der Waals surface area contributed by atoms with Crippen LogP contribution in [0.5, 0.6) is 5.75 Å². The number of carbonyl (C=O) groups is 2. The first-order valence-corrected chi connectivity index (χ1v) is 16.0. The Balaban J connectivity index is 1.20. The molecule has 3 aliphatic rings. The van der Waals surface area contributed by atoms with Crippen molar-refractivity contribution in [2.75, 3.05) is 27.7 Å². The van der Waals surface area contributed by atoms with Gasteiger partial charge >= 0.3 is 0 Å². The summed E-state index contributed by atoms with van der Waals surface area (Å²) in [7, 11) is 7.06. The summed E-state index contributed by atoms with van der Waals surface area (Å²) >= 11 is 0. The van der Waals surface area contributed by atoms with Gasteiger partial charge in [-0.15, -0.1) is 0 Å². The molecule has 2 aliphatic carbocycles. The molecule has 0 radical (unpaired) electrons. The molecule has 1 aliphatic heterocycles.